The molecule has 1 aromatic heterocycles. The van der Waals surface area contributed by atoms with Gasteiger partial charge in [0.1, 0.15) is 0 Å². The molecule has 0 unspecified atom stereocenters. The molecule has 0 amide bonds. The van der Waals surface area contributed by atoms with E-state index in [4.69, 9.17) is 0 Å². The Bertz CT molecular complexity index is 1980. The Morgan fingerprint density at radius 3 is 2.14 bits per heavy atom. The summed E-state index contributed by atoms with van der Waals surface area (Å²) in [6.07, 6.45) is 0. The maximum absolute atomic E-state index is 13.4. The van der Waals surface area contributed by atoms with E-state index in [1.165, 1.54) is 12.1 Å². The first-order valence-electron chi connectivity index (χ1n) is 11.9. The molecule has 37 heavy (non-hydrogen) atoms. The fraction of sp³-hybridized carbons (Fsp3) is 0. The second kappa shape index (κ2) is 7.92. The lowest BCUT2D eigenvalue weighted by atomic mass is 9.75. The Kier molecular flexibility index (Phi) is 4.72. The molecule has 7 heteroatoms. The average molecular weight is 501 g/mol. The van der Waals surface area contributed by atoms with Crippen LogP contribution in [0.3, 0.4) is 0 Å². The number of hydrogen-bond donors (Lipinski definition) is 2. The molecule has 0 bridgehead atoms. The van der Waals surface area contributed by atoms with Gasteiger partial charge >= 0.3 is 7.12 Å². The molecule has 1 aliphatic heterocycles. The van der Waals surface area contributed by atoms with Crippen molar-refractivity contribution in [2.24, 2.45) is 0 Å². The summed E-state index contributed by atoms with van der Waals surface area (Å²) >= 11 is 0. The van der Waals surface area contributed by atoms with Crippen LogP contribution in [0.4, 0.5) is 0 Å². The molecular formula is C30H20BNO4S. The minimum absolute atomic E-state index is 0.103. The van der Waals surface area contributed by atoms with Crippen molar-refractivity contribution in [3.63, 3.8) is 0 Å². The number of benzene rings is 5. The molecule has 7 rings (SSSR count). The molecule has 5 nitrogen and oxygen atoms in total. The quantitative estimate of drug-likeness (QED) is 0.336. The van der Waals surface area contributed by atoms with Crippen LogP contribution in [-0.4, -0.2) is 30.2 Å². The highest BCUT2D eigenvalue weighted by atomic mass is 32.2. The molecule has 178 valence electrons. The zero-order valence-electron chi connectivity index (χ0n) is 19.5. The van der Waals surface area contributed by atoms with Gasteiger partial charge in [-0.05, 0) is 59.1 Å². The second-order valence-corrected chi connectivity index (χ2v) is 11.1. The van der Waals surface area contributed by atoms with Gasteiger partial charge in [-0.25, -0.2) is 8.42 Å². The third kappa shape index (κ3) is 3.15. The maximum atomic E-state index is 13.4. The molecule has 5 aromatic carbocycles. The van der Waals surface area contributed by atoms with E-state index >= 15 is 0 Å². The lowest BCUT2D eigenvalue weighted by molar-refractivity contribution is 0.426. The van der Waals surface area contributed by atoms with Crippen LogP contribution >= 0.6 is 0 Å². The largest absolute Gasteiger partial charge is 0.489 e. The fourth-order valence-electron chi connectivity index (χ4n) is 5.53. The molecule has 2 heterocycles. The molecule has 0 radical (unpaired) electrons. The number of fused-ring (bicyclic) bond motifs is 6. The lowest BCUT2D eigenvalue weighted by Gasteiger charge is -2.09. The van der Waals surface area contributed by atoms with E-state index in [9.17, 15) is 18.5 Å². The van der Waals surface area contributed by atoms with Gasteiger partial charge in [-0.1, -0.05) is 66.7 Å². The van der Waals surface area contributed by atoms with Crippen molar-refractivity contribution in [3.05, 3.63) is 109 Å². The Hall–Kier alpha value is -4.17. The molecule has 2 N–H and O–H groups in total. The first-order valence-corrected chi connectivity index (χ1v) is 13.4. The van der Waals surface area contributed by atoms with Gasteiger partial charge in [-0.2, -0.15) is 0 Å². The van der Waals surface area contributed by atoms with E-state index < -0.39 is 17.0 Å². The molecule has 0 saturated heterocycles. The minimum atomic E-state index is -3.79. The van der Waals surface area contributed by atoms with Gasteiger partial charge in [-0.15, -0.1) is 0 Å². The molecule has 0 aliphatic carbocycles. The third-order valence-corrected chi connectivity index (χ3v) is 9.02. The number of sulfone groups is 1. The van der Waals surface area contributed by atoms with Crippen molar-refractivity contribution >= 4 is 44.2 Å². The Labute approximate surface area is 213 Å². The highest BCUT2D eigenvalue weighted by molar-refractivity contribution is 7.92. The number of nitrogens with zero attached hydrogens (tertiary/aromatic N) is 1. The van der Waals surface area contributed by atoms with Crippen LogP contribution in [-0.2, 0) is 9.84 Å². The van der Waals surface area contributed by atoms with E-state index in [0.29, 0.717) is 11.1 Å². The SMILES string of the molecule is O=S1(=O)c2cc(-c3ccc4c(c3)c3ccccc3n4-c3ccccc3)ccc2-c2c(B(O)O)cccc21. The van der Waals surface area contributed by atoms with E-state index in [2.05, 4.69) is 41.0 Å². The standard InChI is InChI=1S/C30H20BNO4S/c33-31(34)25-10-6-12-28-30(25)23-15-13-20(18-29(23)37(28,35)36)19-14-16-27-24(17-19)22-9-4-5-11-26(22)32(27)21-7-2-1-3-8-21/h1-18,33-34H. The summed E-state index contributed by atoms with van der Waals surface area (Å²) in [5.74, 6) is 0. The first-order chi connectivity index (χ1) is 17.9. The van der Waals surface area contributed by atoms with Gasteiger partial charge in [0.15, 0.2) is 0 Å². The van der Waals surface area contributed by atoms with Crippen LogP contribution < -0.4 is 5.46 Å². The van der Waals surface area contributed by atoms with Crippen LogP contribution in [0.15, 0.2) is 119 Å². The Morgan fingerprint density at radius 1 is 0.622 bits per heavy atom. The molecule has 6 aromatic rings. The maximum Gasteiger partial charge on any atom is 0.489 e. The van der Waals surface area contributed by atoms with Crippen molar-refractivity contribution in [3.8, 4) is 27.9 Å². The first kappa shape index (κ1) is 22.1. The van der Waals surface area contributed by atoms with Gasteiger partial charge in [0.05, 0.1) is 20.8 Å². The van der Waals surface area contributed by atoms with Crippen LogP contribution in [0.25, 0.3) is 49.7 Å². The van der Waals surface area contributed by atoms with Crippen molar-refractivity contribution < 1.29 is 18.5 Å². The zero-order valence-corrected chi connectivity index (χ0v) is 20.4. The summed E-state index contributed by atoms with van der Waals surface area (Å²) in [6.45, 7) is 0. The van der Waals surface area contributed by atoms with Gasteiger partial charge in [0.2, 0.25) is 9.84 Å². The fourth-order valence-corrected chi connectivity index (χ4v) is 7.27. The Balaban J connectivity index is 1.44. The summed E-state index contributed by atoms with van der Waals surface area (Å²) in [4.78, 5) is 0.284. The molecule has 1 aliphatic rings. The monoisotopic (exact) mass is 501 g/mol. The molecule has 0 saturated carbocycles. The van der Waals surface area contributed by atoms with E-state index in [0.717, 1.165) is 38.6 Å². The van der Waals surface area contributed by atoms with E-state index in [1.54, 1.807) is 18.2 Å². The molecule has 0 spiro atoms. The zero-order chi connectivity index (χ0) is 25.3. The lowest BCUT2D eigenvalue weighted by Crippen LogP contribution is -2.31. The third-order valence-electron chi connectivity index (χ3n) is 7.19. The normalized spacial score (nSPS) is 13.6. The van der Waals surface area contributed by atoms with E-state index in [1.807, 2.05) is 42.5 Å². The van der Waals surface area contributed by atoms with E-state index in [-0.39, 0.29) is 15.3 Å². The Morgan fingerprint density at radius 2 is 1.32 bits per heavy atom. The number of hydrogen-bond acceptors (Lipinski definition) is 4. The topological polar surface area (TPSA) is 79.5 Å². The van der Waals surface area contributed by atoms with Crippen molar-refractivity contribution in [2.75, 3.05) is 0 Å². The molecule has 0 fully saturated rings. The van der Waals surface area contributed by atoms with Crippen molar-refractivity contribution in [2.45, 2.75) is 9.79 Å². The predicted octanol–water partition coefficient (Wildman–Crippen LogP) is 4.94. The van der Waals surface area contributed by atoms with Crippen molar-refractivity contribution in [1.29, 1.82) is 0 Å². The van der Waals surface area contributed by atoms with Crippen LogP contribution in [0.2, 0.25) is 0 Å². The minimum Gasteiger partial charge on any atom is -0.423 e. The van der Waals surface area contributed by atoms with Gasteiger partial charge in [-0.3, -0.25) is 0 Å². The van der Waals surface area contributed by atoms with Crippen LogP contribution in [0, 0.1) is 0 Å². The van der Waals surface area contributed by atoms with Gasteiger partial charge in [0, 0.05) is 27.6 Å². The van der Waals surface area contributed by atoms with Crippen LogP contribution in [0.1, 0.15) is 0 Å². The van der Waals surface area contributed by atoms with Crippen LogP contribution in [0.5, 0.6) is 0 Å². The number of rotatable bonds is 3. The summed E-state index contributed by atoms with van der Waals surface area (Å²) in [5.41, 5.74) is 5.96. The van der Waals surface area contributed by atoms with Gasteiger partial charge in [0.25, 0.3) is 0 Å². The summed E-state index contributed by atoms with van der Waals surface area (Å²) < 4.78 is 29.1. The van der Waals surface area contributed by atoms with Gasteiger partial charge < -0.3 is 14.6 Å². The summed E-state index contributed by atoms with van der Waals surface area (Å²) in [6, 6.07) is 34.6. The number of aromatic nitrogens is 1. The highest BCUT2D eigenvalue weighted by Crippen LogP contribution is 2.44. The second-order valence-electron chi connectivity index (χ2n) is 9.23. The highest BCUT2D eigenvalue weighted by Gasteiger charge is 2.36. The average Bonchev–Trinajstić information content (AvgIpc) is 3.37. The van der Waals surface area contributed by atoms with Crippen molar-refractivity contribution in [1.82, 2.24) is 4.57 Å². The predicted molar refractivity (Wildman–Crippen MR) is 147 cm³/mol. The smallest absolute Gasteiger partial charge is 0.423 e. The summed E-state index contributed by atoms with van der Waals surface area (Å²) in [5, 5.41) is 21.9. The molecular weight excluding hydrogens is 481 g/mol. The summed E-state index contributed by atoms with van der Waals surface area (Å²) in [7, 11) is -5.55. The molecule has 0 atom stereocenters. The number of para-hydroxylation sites is 2.